The van der Waals surface area contributed by atoms with E-state index in [0.29, 0.717) is 10.8 Å². The van der Waals surface area contributed by atoms with Crippen LogP contribution in [0.5, 0.6) is 0 Å². The fourth-order valence-corrected chi connectivity index (χ4v) is 2.01. The van der Waals surface area contributed by atoms with E-state index in [1.54, 1.807) is 12.1 Å². The normalized spacial score (nSPS) is 10.6. The van der Waals surface area contributed by atoms with E-state index in [2.05, 4.69) is 5.10 Å². The Labute approximate surface area is 109 Å². The Morgan fingerprint density at radius 3 is 2.78 bits per heavy atom. The van der Waals surface area contributed by atoms with E-state index in [4.69, 9.17) is 11.6 Å². The highest BCUT2D eigenvalue weighted by Gasteiger charge is 2.14. The van der Waals surface area contributed by atoms with E-state index in [9.17, 15) is 10.1 Å². The number of rotatable bonds is 3. The van der Waals surface area contributed by atoms with Crippen molar-refractivity contribution in [3.8, 4) is 5.69 Å². The molecule has 0 fully saturated rings. The molecule has 2 aromatic rings. The third-order valence-electron chi connectivity index (χ3n) is 2.77. The first kappa shape index (κ1) is 12.6. The van der Waals surface area contributed by atoms with E-state index in [1.165, 1.54) is 16.8 Å². The van der Waals surface area contributed by atoms with Crippen LogP contribution in [0.2, 0.25) is 5.15 Å². The Balaban J connectivity index is 2.55. The van der Waals surface area contributed by atoms with E-state index >= 15 is 0 Å². The Morgan fingerprint density at radius 1 is 1.50 bits per heavy atom. The summed E-state index contributed by atoms with van der Waals surface area (Å²) >= 11 is 6.19. The molecule has 0 saturated carbocycles. The summed E-state index contributed by atoms with van der Waals surface area (Å²) in [7, 11) is 0. The minimum Gasteiger partial charge on any atom is -0.258 e. The topological polar surface area (TPSA) is 61.0 Å². The van der Waals surface area contributed by atoms with Gasteiger partial charge in [-0.2, -0.15) is 5.10 Å². The lowest BCUT2D eigenvalue weighted by atomic mass is 10.2. The molecule has 1 aromatic carbocycles. The molecule has 0 amide bonds. The third kappa shape index (κ3) is 2.09. The molecule has 0 spiro atoms. The first-order chi connectivity index (χ1) is 8.54. The number of nitrogens with zero attached hydrogens (tertiary/aromatic N) is 3. The maximum Gasteiger partial charge on any atom is 0.271 e. The molecule has 0 N–H and O–H groups in total. The molecule has 18 heavy (non-hydrogen) atoms. The van der Waals surface area contributed by atoms with Crippen molar-refractivity contribution in [1.29, 1.82) is 0 Å². The van der Waals surface area contributed by atoms with E-state index in [-0.39, 0.29) is 5.69 Å². The number of aromatic nitrogens is 2. The Morgan fingerprint density at radius 2 is 2.22 bits per heavy atom. The second kappa shape index (κ2) is 4.78. The van der Waals surface area contributed by atoms with Gasteiger partial charge in [-0.15, -0.1) is 0 Å². The number of nitro benzene ring substituents is 1. The van der Waals surface area contributed by atoms with Gasteiger partial charge in [0.1, 0.15) is 5.15 Å². The average molecular weight is 266 g/mol. The number of hydrogen-bond acceptors (Lipinski definition) is 3. The predicted octanol–water partition coefficient (Wildman–Crippen LogP) is 3.30. The summed E-state index contributed by atoms with van der Waals surface area (Å²) in [5.41, 5.74) is 2.42. The zero-order valence-corrected chi connectivity index (χ0v) is 10.8. The van der Waals surface area contributed by atoms with Gasteiger partial charge < -0.3 is 0 Å². The van der Waals surface area contributed by atoms with Gasteiger partial charge >= 0.3 is 0 Å². The Hall–Kier alpha value is -1.88. The maximum absolute atomic E-state index is 10.7. The third-order valence-corrected chi connectivity index (χ3v) is 3.21. The van der Waals surface area contributed by atoms with Gasteiger partial charge in [0.15, 0.2) is 0 Å². The highest BCUT2D eigenvalue weighted by molar-refractivity contribution is 6.30. The quantitative estimate of drug-likeness (QED) is 0.632. The summed E-state index contributed by atoms with van der Waals surface area (Å²) in [5, 5.41) is 15.6. The molecule has 94 valence electrons. The van der Waals surface area contributed by atoms with Crippen LogP contribution in [0.15, 0.2) is 24.3 Å². The van der Waals surface area contributed by atoms with Crippen molar-refractivity contribution in [3.63, 3.8) is 0 Å². The summed E-state index contributed by atoms with van der Waals surface area (Å²) in [6.07, 6.45) is 0.771. The fraction of sp³-hybridized carbons (Fsp3) is 0.250. The molecule has 0 bridgehead atoms. The lowest BCUT2D eigenvalue weighted by Gasteiger charge is -2.02. The predicted molar refractivity (Wildman–Crippen MR) is 69.3 cm³/mol. The number of nitro groups is 1. The number of halogens is 1. The summed E-state index contributed by atoms with van der Waals surface area (Å²) < 4.78 is 1.53. The van der Waals surface area contributed by atoms with Crippen LogP contribution in [0, 0.1) is 17.0 Å². The highest BCUT2D eigenvalue weighted by atomic mass is 35.5. The van der Waals surface area contributed by atoms with Crippen LogP contribution in [0.1, 0.15) is 18.2 Å². The molecule has 0 aliphatic rings. The number of hydrogen-bond donors (Lipinski definition) is 0. The minimum atomic E-state index is -0.436. The number of non-ortho nitro benzene ring substituents is 1. The van der Waals surface area contributed by atoms with E-state index in [0.717, 1.165) is 17.7 Å². The standard InChI is InChI=1S/C12H12ClN3O2/c1-3-11-8(2)12(13)15(14-11)9-5-4-6-10(7-9)16(17)18/h4-7H,3H2,1-2H3. The summed E-state index contributed by atoms with van der Waals surface area (Å²) in [6, 6.07) is 6.25. The van der Waals surface area contributed by atoms with Crippen LogP contribution in [0.25, 0.3) is 5.69 Å². The maximum atomic E-state index is 10.7. The van der Waals surface area contributed by atoms with Crippen molar-refractivity contribution in [1.82, 2.24) is 9.78 Å². The number of benzene rings is 1. The van der Waals surface area contributed by atoms with Crippen LogP contribution in [-0.2, 0) is 6.42 Å². The molecule has 1 aromatic heterocycles. The van der Waals surface area contributed by atoms with Crippen LogP contribution < -0.4 is 0 Å². The van der Waals surface area contributed by atoms with E-state index < -0.39 is 4.92 Å². The van der Waals surface area contributed by atoms with Crippen LogP contribution >= 0.6 is 11.6 Å². The first-order valence-electron chi connectivity index (χ1n) is 5.53. The minimum absolute atomic E-state index is 0.0229. The number of aryl methyl sites for hydroxylation is 1. The van der Waals surface area contributed by atoms with Gasteiger partial charge in [0, 0.05) is 17.7 Å². The molecule has 0 radical (unpaired) electrons. The van der Waals surface area contributed by atoms with Gasteiger partial charge in [-0.25, -0.2) is 4.68 Å². The zero-order chi connectivity index (χ0) is 13.3. The molecule has 0 aliphatic carbocycles. The van der Waals surface area contributed by atoms with Crippen molar-refractivity contribution < 1.29 is 4.92 Å². The second-order valence-corrected chi connectivity index (χ2v) is 4.26. The smallest absolute Gasteiger partial charge is 0.258 e. The summed E-state index contributed by atoms with van der Waals surface area (Å²) in [4.78, 5) is 10.3. The Kier molecular flexibility index (Phi) is 3.34. The second-order valence-electron chi connectivity index (χ2n) is 3.90. The molecule has 0 atom stereocenters. The molecular formula is C12H12ClN3O2. The van der Waals surface area contributed by atoms with E-state index in [1.807, 2.05) is 13.8 Å². The molecule has 6 heteroatoms. The molecular weight excluding hydrogens is 254 g/mol. The van der Waals surface area contributed by atoms with Gasteiger partial charge in [-0.3, -0.25) is 10.1 Å². The van der Waals surface area contributed by atoms with Crippen molar-refractivity contribution >= 4 is 17.3 Å². The first-order valence-corrected chi connectivity index (χ1v) is 5.91. The molecule has 0 aliphatic heterocycles. The monoisotopic (exact) mass is 265 g/mol. The average Bonchev–Trinajstić information content (AvgIpc) is 2.66. The van der Waals surface area contributed by atoms with Crippen molar-refractivity contribution in [2.75, 3.05) is 0 Å². The van der Waals surface area contributed by atoms with Gasteiger partial charge in [-0.1, -0.05) is 24.6 Å². The van der Waals surface area contributed by atoms with Crippen LogP contribution in [-0.4, -0.2) is 14.7 Å². The Bertz CT molecular complexity index is 607. The van der Waals surface area contributed by atoms with Crippen molar-refractivity contribution in [2.24, 2.45) is 0 Å². The van der Waals surface area contributed by atoms with Crippen molar-refractivity contribution in [2.45, 2.75) is 20.3 Å². The SMILES string of the molecule is CCc1nn(-c2cccc([N+](=O)[O-])c2)c(Cl)c1C. The fourth-order valence-electron chi connectivity index (χ4n) is 1.76. The van der Waals surface area contributed by atoms with Gasteiger partial charge in [0.2, 0.25) is 0 Å². The molecule has 5 nitrogen and oxygen atoms in total. The van der Waals surface area contributed by atoms with Gasteiger partial charge in [0.05, 0.1) is 16.3 Å². The zero-order valence-electron chi connectivity index (χ0n) is 10.1. The molecule has 0 unspecified atom stereocenters. The highest BCUT2D eigenvalue weighted by Crippen LogP contribution is 2.25. The molecule has 1 heterocycles. The van der Waals surface area contributed by atoms with Crippen molar-refractivity contribution in [3.05, 3.63) is 50.8 Å². The largest absolute Gasteiger partial charge is 0.271 e. The van der Waals surface area contributed by atoms with Crippen LogP contribution in [0.4, 0.5) is 5.69 Å². The summed E-state index contributed by atoms with van der Waals surface area (Å²) in [5.74, 6) is 0. The van der Waals surface area contributed by atoms with Gasteiger partial charge in [0.25, 0.3) is 5.69 Å². The lowest BCUT2D eigenvalue weighted by molar-refractivity contribution is -0.384. The van der Waals surface area contributed by atoms with Gasteiger partial charge in [-0.05, 0) is 19.4 Å². The molecule has 0 saturated heterocycles. The van der Waals surface area contributed by atoms with Crippen LogP contribution in [0.3, 0.4) is 0 Å². The summed E-state index contributed by atoms with van der Waals surface area (Å²) in [6.45, 7) is 3.88. The lowest BCUT2D eigenvalue weighted by Crippen LogP contribution is -1.98. The molecule has 2 rings (SSSR count).